The number of alkyl halides is 2. The first-order valence-corrected chi connectivity index (χ1v) is 10.8. The van der Waals surface area contributed by atoms with Gasteiger partial charge in [0.05, 0.1) is 28.9 Å². The Labute approximate surface area is 188 Å². The smallest absolute Gasteiger partial charge is 0.255 e. The number of halogens is 2. The molecule has 0 aromatic carbocycles. The fourth-order valence-electron chi connectivity index (χ4n) is 2.64. The molecule has 11 heteroatoms. The van der Waals surface area contributed by atoms with Crippen molar-refractivity contribution in [2.75, 3.05) is 23.7 Å². The van der Waals surface area contributed by atoms with Crippen molar-refractivity contribution < 1.29 is 18.7 Å². The lowest BCUT2D eigenvalue weighted by Crippen LogP contribution is -2.42. The molecule has 4 N–H and O–H groups in total. The fourth-order valence-corrected chi connectivity index (χ4v) is 3.29. The van der Waals surface area contributed by atoms with Crippen LogP contribution in [0.1, 0.15) is 38.1 Å². The lowest BCUT2D eigenvalue weighted by molar-refractivity contribution is -0.00177. The van der Waals surface area contributed by atoms with Crippen LogP contribution in [0.5, 0.6) is 0 Å². The number of pyridine rings is 2. The zero-order valence-corrected chi connectivity index (χ0v) is 19.1. The van der Waals surface area contributed by atoms with Gasteiger partial charge in [-0.3, -0.25) is 4.79 Å². The highest BCUT2D eigenvalue weighted by atomic mass is 32.1. The van der Waals surface area contributed by atoms with Crippen LogP contribution in [0.2, 0.25) is 0 Å². The van der Waals surface area contributed by atoms with Crippen LogP contribution in [0, 0.1) is 0 Å². The van der Waals surface area contributed by atoms with Gasteiger partial charge in [-0.1, -0.05) is 0 Å². The summed E-state index contributed by atoms with van der Waals surface area (Å²) in [7, 11) is 0. The lowest BCUT2D eigenvalue weighted by atomic mass is 10.0. The predicted molar refractivity (Wildman–Crippen MR) is 122 cm³/mol. The van der Waals surface area contributed by atoms with Crippen LogP contribution >= 0.6 is 11.3 Å². The third-order valence-electron chi connectivity index (χ3n) is 4.51. The van der Waals surface area contributed by atoms with Crippen molar-refractivity contribution in [1.82, 2.24) is 20.3 Å². The number of nitrogens with zero attached hydrogens (tertiary/aromatic N) is 3. The van der Waals surface area contributed by atoms with Crippen molar-refractivity contribution in [3.63, 3.8) is 0 Å². The Morgan fingerprint density at radius 3 is 2.66 bits per heavy atom. The average Bonchev–Trinajstić information content (AvgIpc) is 3.17. The third kappa shape index (κ3) is 6.30. The first-order chi connectivity index (χ1) is 14.9. The molecular weight excluding hydrogens is 438 g/mol. The number of carbonyl (C=O) groups excluding carboxylic acids is 1. The maximum atomic E-state index is 14.1. The Hall–Kier alpha value is -2.92. The van der Waals surface area contributed by atoms with Crippen LogP contribution in [0.15, 0.2) is 29.9 Å². The predicted octanol–water partition coefficient (Wildman–Crippen LogP) is 3.83. The molecule has 3 aromatic heterocycles. The lowest BCUT2D eigenvalue weighted by Gasteiger charge is -2.23. The van der Waals surface area contributed by atoms with Gasteiger partial charge in [0.1, 0.15) is 33.8 Å². The van der Waals surface area contributed by atoms with Gasteiger partial charge in [-0.25, -0.2) is 23.7 Å². The van der Waals surface area contributed by atoms with Gasteiger partial charge < -0.3 is 21.1 Å². The number of fused-ring (bicyclic) bond motifs is 1. The number of hydrogen-bond donors (Lipinski definition) is 4. The first kappa shape index (κ1) is 23.7. The van der Waals surface area contributed by atoms with Gasteiger partial charge in [0.15, 0.2) is 0 Å². The van der Waals surface area contributed by atoms with Crippen molar-refractivity contribution in [2.24, 2.45) is 0 Å². The molecule has 3 aromatic rings. The molecule has 1 amide bonds. The summed E-state index contributed by atoms with van der Waals surface area (Å²) < 4.78 is 28.1. The Bertz CT molecular complexity index is 1090. The molecule has 3 heterocycles. The van der Waals surface area contributed by atoms with Crippen LogP contribution in [0.3, 0.4) is 0 Å². The van der Waals surface area contributed by atoms with Crippen molar-refractivity contribution in [2.45, 2.75) is 45.1 Å². The summed E-state index contributed by atoms with van der Waals surface area (Å²) in [5.74, 6) is 0.324. The quantitative estimate of drug-likeness (QED) is 0.381. The van der Waals surface area contributed by atoms with Gasteiger partial charge >= 0.3 is 0 Å². The Morgan fingerprint density at radius 1 is 1.22 bits per heavy atom. The molecule has 8 nitrogen and oxygen atoms in total. The molecule has 0 saturated carbocycles. The molecule has 32 heavy (non-hydrogen) atoms. The molecule has 0 spiro atoms. The summed E-state index contributed by atoms with van der Waals surface area (Å²) in [6.45, 7) is 5.02. The molecule has 0 aliphatic heterocycles. The molecule has 0 radical (unpaired) electrons. The SMILES string of the molecule is CC(C)(F)CNc1cc(Nc2ccc3ncsc3n2)ncc1C(=O)NCC(F)C(C)(C)O. The molecule has 0 fully saturated rings. The van der Waals surface area contributed by atoms with Gasteiger partial charge in [0, 0.05) is 18.8 Å². The molecule has 1 atom stereocenters. The number of nitrogens with one attached hydrogen (secondary N) is 3. The third-order valence-corrected chi connectivity index (χ3v) is 5.24. The largest absolute Gasteiger partial charge is 0.387 e. The highest BCUT2D eigenvalue weighted by molar-refractivity contribution is 7.16. The van der Waals surface area contributed by atoms with E-state index in [0.717, 1.165) is 10.3 Å². The summed E-state index contributed by atoms with van der Waals surface area (Å²) in [4.78, 5) is 26.3. The molecule has 172 valence electrons. The molecule has 0 aliphatic carbocycles. The van der Waals surface area contributed by atoms with E-state index in [-0.39, 0.29) is 18.7 Å². The summed E-state index contributed by atoms with van der Waals surface area (Å²) in [5, 5.41) is 18.1. The van der Waals surface area contributed by atoms with Crippen LogP contribution in [-0.2, 0) is 0 Å². The van der Waals surface area contributed by atoms with Gasteiger partial charge in [-0.15, -0.1) is 11.3 Å². The van der Waals surface area contributed by atoms with E-state index < -0.39 is 23.3 Å². The van der Waals surface area contributed by atoms with E-state index in [1.165, 1.54) is 45.2 Å². The number of rotatable bonds is 9. The van der Waals surface area contributed by atoms with Gasteiger partial charge in [-0.2, -0.15) is 0 Å². The zero-order valence-electron chi connectivity index (χ0n) is 18.2. The first-order valence-electron chi connectivity index (χ1n) is 9.97. The van der Waals surface area contributed by atoms with Crippen LogP contribution < -0.4 is 16.0 Å². The maximum absolute atomic E-state index is 14.1. The summed E-state index contributed by atoms with van der Waals surface area (Å²) >= 11 is 1.40. The molecule has 1 unspecified atom stereocenters. The highest BCUT2D eigenvalue weighted by Crippen LogP contribution is 2.24. The van der Waals surface area contributed by atoms with Crippen molar-refractivity contribution in [1.29, 1.82) is 0 Å². The Balaban J connectivity index is 1.81. The minimum absolute atomic E-state index is 0.0583. The second-order valence-electron chi connectivity index (χ2n) is 8.52. The monoisotopic (exact) mass is 464 g/mol. The molecule has 0 saturated heterocycles. The number of anilines is 3. The zero-order chi connectivity index (χ0) is 23.5. The van der Waals surface area contributed by atoms with Crippen molar-refractivity contribution in [3.05, 3.63) is 35.5 Å². The van der Waals surface area contributed by atoms with E-state index in [4.69, 9.17) is 0 Å². The van der Waals surface area contributed by atoms with Crippen molar-refractivity contribution >= 4 is 44.9 Å². The molecule has 3 rings (SSSR count). The summed E-state index contributed by atoms with van der Waals surface area (Å²) in [6.07, 6.45) is -0.345. The van der Waals surface area contributed by atoms with Gasteiger partial charge in [0.25, 0.3) is 5.91 Å². The number of hydrogen-bond acceptors (Lipinski definition) is 8. The fraction of sp³-hybridized carbons (Fsp3) is 0.429. The minimum Gasteiger partial charge on any atom is -0.387 e. The number of aliphatic hydroxyl groups is 1. The molecule has 0 bridgehead atoms. The number of carbonyl (C=O) groups is 1. The molecular formula is C21H26F2N6O2S. The number of thiazole rings is 1. The maximum Gasteiger partial charge on any atom is 0.255 e. The van der Waals surface area contributed by atoms with E-state index in [1.807, 2.05) is 6.07 Å². The van der Waals surface area contributed by atoms with Crippen LogP contribution in [0.25, 0.3) is 10.3 Å². The standard InChI is InChI=1S/C21H26F2N6O2S/c1-20(2,23)10-26-14-7-17(28-16-6-5-13-19(29-16)32-11-27-13)24-8-12(14)18(30)25-9-15(22)21(3,4)31/h5-8,11,15,31H,9-10H2,1-4H3,(H,25,30)(H2,24,26,28,29). The highest BCUT2D eigenvalue weighted by Gasteiger charge is 2.27. The topological polar surface area (TPSA) is 112 Å². The van der Waals surface area contributed by atoms with E-state index in [1.54, 1.807) is 17.6 Å². The van der Waals surface area contributed by atoms with E-state index in [0.29, 0.717) is 17.3 Å². The average molecular weight is 465 g/mol. The van der Waals surface area contributed by atoms with E-state index in [9.17, 15) is 18.7 Å². The minimum atomic E-state index is -1.66. The van der Waals surface area contributed by atoms with Crippen LogP contribution in [-0.4, -0.2) is 56.5 Å². The second kappa shape index (κ2) is 9.29. The normalized spacial score (nSPS) is 13.1. The van der Waals surface area contributed by atoms with Gasteiger partial charge in [0.2, 0.25) is 0 Å². The van der Waals surface area contributed by atoms with Crippen molar-refractivity contribution in [3.8, 4) is 0 Å². The van der Waals surface area contributed by atoms with Gasteiger partial charge in [-0.05, 0) is 39.8 Å². The summed E-state index contributed by atoms with van der Waals surface area (Å²) in [5.41, 5.74) is -0.200. The Morgan fingerprint density at radius 2 is 1.97 bits per heavy atom. The second-order valence-corrected chi connectivity index (χ2v) is 9.35. The molecule has 0 aliphatic rings. The number of amides is 1. The van der Waals surface area contributed by atoms with E-state index >= 15 is 0 Å². The number of aromatic nitrogens is 3. The van der Waals surface area contributed by atoms with Crippen LogP contribution in [0.4, 0.5) is 26.1 Å². The Kier molecular flexibility index (Phi) is 6.89. The van der Waals surface area contributed by atoms with E-state index in [2.05, 4.69) is 30.9 Å². The summed E-state index contributed by atoms with van der Waals surface area (Å²) in [6, 6.07) is 5.13.